The van der Waals surface area contributed by atoms with Crippen molar-refractivity contribution in [1.29, 1.82) is 0 Å². The lowest BCUT2D eigenvalue weighted by atomic mass is 10.0. The van der Waals surface area contributed by atoms with E-state index in [4.69, 9.17) is 29.3 Å². The first-order valence-corrected chi connectivity index (χ1v) is 21.7. The fraction of sp³-hybridized carbons (Fsp3) is 0. The molecule has 13 aromatic rings. The summed E-state index contributed by atoms with van der Waals surface area (Å²) in [6, 6.07) is 66.7. The third kappa shape index (κ3) is 5.69. The van der Waals surface area contributed by atoms with E-state index in [2.05, 4.69) is 132 Å². The van der Waals surface area contributed by atoms with Crippen molar-refractivity contribution in [3.8, 4) is 62.5 Å². The van der Waals surface area contributed by atoms with Gasteiger partial charge in [-0.05, 0) is 42.5 Å². The van der Waals surface area contributed by atoms with Gasteiger partial charge < -0.3 is 8.98 Å². The first kappa shape index (κ1) is 35.4. The maximum absolute atomic E-state index is 6.67. The average Bonchev–Trinajstić information content (AvgIpc) is 4.04. The van der Waals surface area contributed by atoms with Crippen molar-refractivity contribution in [2.45, 2.75) is 0 Å². The Balaban J connectivity index is 1.06. The molecule has 7 nitrogen and oxygen atoms in total. The number of hydrogen-bond donors (Lipinski definition) is 0. The van der Waals surface area contributed by atoms with Crippen LogP contribution in [0.4, 0.5) is 0 Å². The fourth-order valence-electron chi connectivity index (χ4n) is 9.05. The molecule has 0 aliphatic heterocycles. The SMILES string of the molecule is c1ccc(-c2nc(-c3ccc4c5ccccc5n(-c5ccccc5)c4c3)nc(-c3cccc4oc5cccc(-c6nc(-c7ccccc7)c7sc8ccccc8c7n6)c5c34)n2)cc1. The van der Waals surface area contributed by atoms with Gasteiger partial charge in [0.15, 0.2) is 23.3 Å². The molecule has 0 aliphatic carbocycles. The lowest BCUT2D eigenvalue weighted by Gasteiger charge is -2.11. The molecule has 0 saturated heterocycles. The maximum atomic E-state index is 6.67. The molecule has 0 atom stereocenters. The van der Waals surface area contributed by atoms with E-state index >= 15 is 0 Å². The summed E-state index contributed by atoms with van der Waals surface area (Å²) in [5, 5.41) is 5.24. The Labute approximate surface area is 364 Å². The zero-order chi connectivity index (χ0) is 41.4. The molecule has 5 aromatic heterocycles. The van der Waals surface area contributed by atoms with E-state index in [1.807, 2.05) is 66.7 Å². The summed E-state index contributed by atoms with van der Waals surface area (Å²) in [5.41, 5.74) is 11.1. The summed E-state index contributed by atoms with van der Waals surface area (Å²) in [7, 11) is 0. The van der Waals surface area contributed by atoms with E-state index in [0.717, 1.165) is 93.2 Å². The van der Waals surface area contributed by atoms with Crippen LogP contribution in [-0.2, 0) is 0 Å². The smallest absolute Gasteiger partial charge is 0.164 e. The van der Waals surface area contributed by atoms with Gasteiger partial charge >= 0.3 is 0 Å². The largest absolute Gasteiger partial charge is 0.456 e. The molecule has 63 heavy (non-hydrogen) atoms. The predicted molar refractivity (Wildman–Crippen MR) is 257 cm³/mol. The van der Waals surface area contributed by atoms with Crippen molar-refractivity contribution in [3.05, 3.63) is 194 Å². The monoisotopic (exact) mass is 824 g/mol. The normalized spacial score (nSPS) is 11.8. The molecular weight excluding hydrogens is 793 g/mol. The second kappa shape index (κ2) is 14.1. The molecule has 0 spiro atoms. The topological polar surface area (TPSA) is 82.5 Å². The number of furan rings is 1. The van der Waals surface area contributed by atoms with Crippen LogP contribution in [0.1, 0.15) is 0 Å². The molecule has 0 amide bonds. The van der Waals surface area contributed by atoms with Crippen molar-refractivity contribution < 1.29 is 4.42 Å². The Morgan fingerprint density at radius 3 is 1.70 bits per heavy atom. The number of nitrogens with zero attached hydrogens (tertiary/aromatic N) is 6. The molecular formula is C55H32N6OS. The molecule has 8 heteroatoms. The van der Waals surface area contributed by atoms with Gasteiger partial charge in [-0.1, -0.05) is 152 Å². The van der Waals surface area contributed by atoms with Crippen LogP contribution >= 0.6 is 11.3 Å². The van der Waals surface area contributed by atoms with Gasteiger partial charge in [0.25, 0.3) is 0 Å². The van der Waals surface area contributed by atoms with Gasteiger partial charge in [0.1, 0.15) is 11.2 Å². The molecule has 5 heterocycles. The second-order valence-corrected chi connectivity index (χ2v) is 16.6. The molecule has 0 saturated carbocycles. The van der Waals surface area contributed by atoms with Gasteiger partial charge in [0.2, 0.25) is 0 Å². The standard InChI is InChI=1S/C55H32N6OS/c1-4-16-33(17-5-1)49-51-50(39-23-11-13-29-46(39)63-51)57-54(56-49)40-24-14-27-44-47(40)48-41(25-15-28-45(48)62-44)55-59-52(34-18-6-2-7-19-34)58-53(60-55)35-30-31-38-37-22-10-12-26-42(37)61(43(38)32-35)36-20-8-3-9-21-36/h1-32H. The molecule has 0 unspecified atom stereocenters. The van der Waals surface area contributed by atoms with Crippen LogP contribution in [0.25, 0.3) is 127 Å². The minimum Gasteiger partial charge on any atom is -0.456 e. The summed E-state index contributed by atoms with van der Waals surface area (Å²) in [6.45, 7) is 0. The summed E-state index contributed by atoms with van der Waals surface area (Å²) in [5.74, 6) is 2.31. The van der Waals surface area contributed by atoms with E-state index in [9.17, 15) is 0 Å². The van der Waals surface area contributed by atoms with Crippen LogP contribution in [0.2, 0.25) is 0 Å². The lowest BCUT2D eigenvalue weighted by Crippen LogP contribution is -2.01. The number of hydrogen-bond acceptors (Lipinski definition) is 7. The van der Waals surface area contributed by atoms with Crippen LogP contribution < -0.4 is 0 Å². The number of benzene rings is 8. The number of fused-ring (bicyclic) bond motifs is 9. The summed E-state index contributed by atoms with van der Waals surface area (Å²) >= 11 is 1.73. The summed E-state index contributed by atoms with van der Waals surface area (Å²) in [6.07, 6.45) is 0. The van der Waals surface area contributed by atoms with Crippen molar-refractivity contribution in [1.82, 2.24) is 29.5 Å². The Kier molecular flexibility index (Phi) is 7.94. The maximum Gasteiger partial charge on any atom is 0.164 e. The van der Waals surface area contributed by atoms with Crippen LogP contribution in [0.15, 0.2) is 199 Å². The zero-order valence-corrected chi connectivity index (χ0v) is 34.3. The predicted octanol–water partition coefficient (Wildman–Crippen LogP) is 14.4. The van der Waals surface area contributed by atoms with Crippen LogP contribution in [-0.4, -0.2) is 29.5 Å². The van der Waals surface area contributed by atoms with Crippen LogP contribution in [0, 0.1) is 0 Å². The number of thiophene rings is 1. The quantitative estimate of drug-likeness (QED) is 0.166. The number of rotatable bonds is 6. The van der Waals surface area contributed by atoms with Gasteiger partial charge in [-0.2, -0.15) is 0 Å². The molecule has 0 N–H and O–H groups in total. The minimum atomic E-state index is 0.538. The molecule has 13 rings (SSSR count). The third-order valence-corrected chi connectivity index (χ3v) is 13.1. The Morgan fingerprint density at radius 1 is 0.397 bits per heavy atom. The fourth-order valence-corrected chi connectivity index (χ4v) is 10.2. The molecule has 294 valence electrons. The Morgan fingerprint density at radius 2 is 0.968 bits per heavy atom. The minimum absolute atomic E-state index is 0.538. The van der Waals surface area contributed by atoms with Gasteiger partial charge in [-0.3, -0.25) is 0 Å². The average molecular weight is 825 g/mol. The molecule has 0 fully saturated rings. The highest BCUT2D eigenvalue weighted by Crippen LogP contribution is 2.44. The van der Waals surface area contributed by atoms with Crippen LogP contribution in [0.5, 0.6) is 0 Å². The molecule has 8 aromatic carbocycles. The van der Waals surface area contributed by atoms with Crippen molar-refractivity contribution in [2.75, 3.05) is 0 Å². The first-order chi connectivity index (χ1) is 31.2. The van der Waals surface area contributed by atoms with Gasteiger partial charge in [0, 0.05) is 65.1 Å². The van der Waals surface area contributed by atoms with Gasteiger partial charge in [-0.25, -0.2) is 24.9 Å². The van der Waals surface area contributed by atoms with E-state index in [1.54, 1.807) is 11.3 Å². The van der Waals surface area contributed by atoms with E-state index in [1.165, 1.54) is 10.1 Å². The molecule has 0 bridgehead atoms. The highest BCUT2D eigenvalue weighted by molar-refractivity contribution is 7.26. The van der Waals surface area contributed by atoms with Gasteiger partial charge in [0.05, 0.1) is 26.9 Å². The van der Waals surface area contributed by atoms with Crippen molar-refractivity contribution in [2.24, 2.45) is 0 Å². The second-order valence-electron chi connectivity index (χ2n) is 15.6. The first-order valence-electron chi connectivity index (χ1n) is 20.8. The summed E-state index contributed by atoms with van der Waals surface area (Å²) in [4.78, 5) is 26.4. The number of aromatic nitrogens is 6. The summed E-state index contributed by atoms with van der Waals surface area (Å²) < 4.78 is 11.2. The third-order valence-electron chi connectivity index (χ3n) is 11.9. The zero-order valence-electron chi connectivity index (χ0n) is 33.5. The highest BCUT2D eigenvalue weighted by Gasteiger charge is 2.23. The lowest BCUT2D eigenvalue weighted by molar-refractivity contribution is 0.669. The van der Waals surface area contributed by atoms with Crippen molar-refractivity contribution >= 4 is 75.4 Å². The van der Waals surface area contributed by atoms with Gasteiger partial charge in [-0.15, -0.1) is 11.3 Å². The van der Waals surface area contributed by atoms with E-state index < -0.39 is 0 Å². The van der Waals surface area contributed by atoms with E-state index in [-0.39, 0.29) is 0 Å². The Bertz CT molecular complexity index is 3910. The molecule has 0 aliphatic rings. The number of para-hydroxylation sites is 2. The Hall–Kier alpha value is -8.33. The highest BCUT2D eigenvalue weighted by atomic mass is 32.1. The molecule has 0 radical (unpaired) electrons. The van der Waals surface area contributed by atoms with Crippen LogP contribution in [0.3, 0.4) is 0 Å². The van der Waals surface area contributed by atoms with Crippen molar-refractivity contribution in [3.63, 3.8) is 0 Å². The van der Waals surface area contributed by atoms with E-state index in [0.29, 0.717) is 23.3 Å².